The molecule has 1 aliphatic rings. The summed E-state index contributed by atoms with van der Waals surface area (Å²) in [6.45, 7) is 5.74. The van der Waals surface area contributed by atoms with E-state index in [4.69, 9.17) is 9.47 Å². The number of unbranched alkanes of at least 4 members (excludes halogenated alkanes) is 28. The van der Waals surface area contributed by atoms with E-state index in [0.717, 1.165) is 44.4 Å². The molecule has 0 aromatic heterocycles. The molecule has 0 aromatic carbocycles. The molecule has 0 aromatic rings. The summed E-state index contributed by atoms with van der Waals surface area (Å²) >= 11 is 0. The van der Waals surface area contributed by atoms with Crippen LogP contribution in [0.3, 0.4) is 0 Å². The Balaban J connectivity index is 2.30. The van der Waals surface area contributed by atoms with Gasteiger partial charge in [-0.3, -0.25) is 4.79 Å². The normalized spacial score (nSPS) is 21.3. The summed E-state index contributed by atoms with van der Waals surface area (Å²) in [5, 5.41) is 75.8. The Morgan fingerprint density at radius 1 is 0.571 bits per heavy atom. The predicted octanol–water partition coefficient (Wildman–Crippen LogP) is 9.87. The van der Waals surface area contributed by atoms with Gasteiger partial charge >= 0.3 is 0 Å². The molecule has 63 heavy (non-hydrogen) atoms. The van der Waals surface area contributed by atoms with Gasteiger partial charge in [-0.15, -0.1) is 0 Å². The lowest BCUT2D eigenvalue weighted by atomic mass is 9.98. The molecule has 1 saturated heterocycles. The van der Waals surface area contributed by atoms with Crippen LogP contribution in [0.15, 0.2) is 12.2 Å². The van der Waals surface area contributed by atoms with Crippen molar-refractivity contribution in [3.8, 4) is 0 Å². The molecule has 1 heterocycles. The smallest absolute Gasteiger partial charge is 0.249 e. The number of aliphatic hydroxyl groups is 7. The van der Waals surface area contributed by atoms with Crippen molar-refractivity contribution in [2.75, 3.05) is 13.2 Å². The van der Waals surface area contributed by atoms with Crippen molar-refractivity contribution >= 4 is 5.91 Å². The summed E-state index contributed by atoms with van der Waals surface area (Å²) in [4.78, 5) is 13.1. The van der Waals surface area contributed by atoms with E-state index < -0.39 is 74.2 Å². The maximum atomic E-state index is 13.1. The van der Waals surface area contributed by atoms with Crippen LogP contribution in [0.5, 0.6) is 0 Å². The molecule has 0 bridgehead atoms. The molecule has 1 rings (SSSR count). The van der Waals surface area contributed by atoms with E-state index in [-0.39, 0.29) is 6.42 Å². The third kappa shape index (κ3) is 31.5. The Bertz CT molecular complexity index is 1050. The van der Waals surface area contributed by atoms with Crippen molar-refractivity contribution < 1.29 is 50.0 Å². The molecule has 1 amide bonds. The molecule has 0 saturated carbocycles. The molecule has 374 valence electrons. The van der Waals surface area contributed by atoms with Crippen molar-refractivity contribution in [2.24, 2.45) is 5.92 Å². The largest absolute Gasteiger partial charge is 0.394 e. The fourth-order valence-electron chi connectivity index (χ4n) is 8.62. The summed E-state index contributed by atoms with van der Waals surface area (Å²) in [6.07, 6.45) is 32.8. The van der Waals surface area contributed by atoms with Crippen LogP contribution in [0.1, 0.15) is 239 Å². The molecule has 9 atom stereocenters. The number of hydrogen-bond donors (Lipinski definition) is 8. The third-order valence-electron chi connectivity index (χ3n) is 13.0. The Kier molecular flexibility index (Phi) is 39.0. The van der Waals surface area contributed by atoms with E-state index >= 15 is 0 Å². The Morgan fingerprint density at radius 2 is 0.984 bits per heavy atom. The van der Waals surface area contributed by atoms with E-state index in [1.54, 1.807) is 0 Å². The van der Waals surface area contributed by atoms with Crippen LogP contribution in [-0.2, 0) is 14.3 Å². The van der Waals surface area contributed by atoms with Crippen LogP contribution in [0.25, 0.3) is 0 Å². The van der Waals surface area contributed by atoms with E-state index in [1.165, 1.54) is 154 Å². The standard InChI is InChI=1S/C52H101NO10/c1-4-5-6-7-8-9-10-11-12-13-14-15-16-17-18-19-20-21-22-23-26-30-33-36-39-45(56)51(61)53-43(41-62-52-50(60)49(59)48(58)46(40-54)63-52)47(57)44(55)38-35-32-29-27-24-25-28-31-34-37-42(2)3/h9-10,42-50,52,54-60H,4-8,11-41H2,1-3H3,(H,53,61)/b10-9+/t43-,44+,45+,46+,47-,48+,49-,50+,52+/m0/s1. The van der Waals surface area contributed by atoms with Crippen molar-refractivity contribution in [2.45, 2.75) is 294 Å². The SMILES string of the molecule is CCCCCC/C=C/CCCCCCCCCCCCCCCCCC[C@@H](O)C(=O)N[C@@H](CO[C@@H]1O[C@H](CO)[C@@H](O)[C@H](O)[C@H]1O)[C@H](O)[C@H](O)CCCCCCCCCCCC(C)C. The fraction of sp³-hybridized carbons (Fsp3) is 0.942. The molecule has 11 heteroatoms. The highest BCUT2D eigenvalue weighted by Gasteiger charge is 2.44. The number of ether oxygens (including phenoxy) is 2. The van der Waals surface area contributed by atoms with Gasteiger partial charge in [-0.1, -0.05) is 213 Å². The molecule has 11 nitrogen and oxygen atoms in total. The van der Waals surface area contributed by atoms with Crippen LogP contribution < -0.4 is 5.32 Å². The number of hydrogen-bond acceptors (Lipinski definition) is 10. The molecular weight excluding hydrogens is 799 g/mol. The van der Waals surface area contributed by atoms with Gasteiger partial charge < -0.3 is 50.5 Å². The Hall–Kier alpha value is -1.15. The highest BCUT2D eigenvalue weighted by molar-refractivity contribution is 5.80. The predicted molar refractivity (Wildman–Crippen MR) is 256 cm³/mol. The van der Waals surface area contributed by atoms with Gasteiger partial charge in [-0.25, -0.2) is 0 Å². The number of aliphatic hydroxyl groups excluding tert-OH is 7. The zero-order chi connectivity index (χ0) is 46.3. The van der Waals surface area contributed by atoms with E-state index in [2.05, 4.69) is 38.2 Å². The number of carbonyl (C=O) groups excluding carboxylic acids is 1. The fourth-order valence-corrected chi connectivity index (χ4v) is 8.62. The van der Waals surface area contributed by atoms with Gasteiger partial charge in [0.05, 0.1) is 25.4 Å². The first kappa shape index (κ1) is 59.9. The lowest BCUT2D eigenvalue weighted by Gasteiger charge is -2.40. The summed E-state index contributed by atoms with van der Waals surface area (Å²) in [5.74, 6) is 0.0681. The first-order valence-corrected chi connectivity index (χ1v) is 26.4. The third-order valence-corrected chi connectivity index (χ3v) is 13.0. The van der Waals surface area contributed by atoms with E-state index in [0.29, 0.717) is 19.3 Å². The molecule has 0 radical (unpaired) electrons. The average Bonchev–Trinajstić information content (AvgIpc) is 3.27. The summed E-state index contributed by atoms with van der Waals surface area (Å²) in [6, 6.07) is -1.16. The molecule has 0 spiro atoms. The minimum atomic E-state index is -1.66. The number of rotatable bonds is 44. The van der Waals surface area contributed by atoms with Gasteiger partial charge in [0.2, 0.25) is 5.91 Å². The monoisotopic (exact) mass is 900 g/mol. The lowest BCUT2D eigenvalue weighted by Crippen LogP contribution is -2.60. The van der Waals surface area contributed by atoms with Gasteiger partial charge in [-0.05, 0) is 44.4 Å². The molecule has 0 unspecified atom stereocenters. The van der Waals surface area contributed by atoms with Crippen molar-refractivity contribution in [3.63, 3.8) is 0 Å². The average molecular weight is 900 g/mol. The van der Waals surface area contributed by atoms with Crippen LogP contribution in [0.4, 0.5) is 0 Å². The van der Waals surface area contributed by atoms with Crippen LogP contribution >= 0.6 is 0 Å². The number of allylic oxidation sites excluding steroid dienone is 2. The van der Waals surface area contributed by atoms with Gasteiger partial charge in [-0.2, -0.15) is 0 Å². The van der Waals surface area contributed by atoms with E-state index in [9.17, 15) is 40.5 Å². The Morgan fingerprint density at radius 3 is 1.43 bits per heavy atom. The molecule has 0 aliphatic carbocycles. The minimum absolute atomic E-state index is 0.263. The zero-order valence-corrected chi connectivity index (χ0v) is 40.7. The number of carbonyl (C=O) groups is 1. The second-order valence-corrected chi connectivity index (χ2v) is 19.4. The lowest BCUT2D eigenvalue weighted by molar-refractivity contribution is -0.303. The second kappa shape index (κ2) is 41.1. The Labute approximate surface area is 385 Å². The first-order chi connectivity index (χ1) is 30.5. The molecule has 8 N–H and O–H groups in total. The van der Waals surface area contributed by atoms with E-state index in [1.807, 2.05) is 0 Å². The first-order valence-electron chi connectivity index (χ1n) is 26.4. The van der Waals surface area contributed by atoms with Crippen LogP contribution in [0, 0.1) is 5.92 Å². The second-order valence-electron chi connectivity index (χ2n) is 19.4. The number of amides is 1. The number of nitrogens with one attached hydrogen (secondary N) is 1. The molecule has 1 fully saturated rings. The topological polar surface area (TPSA) is 189 Å². The molecule has 1 aliphatic heterocycles. The van der Waals surface area contributed by atoms with Gasteiger partial charge in [0.1, 0.15) is 36.6 Å². The summed E-state index contributed by atoms with van der Waals surface area (Å²) < 4.78 is 11.1. The highest BCUT2D eigenvalue weighted by atomic mass is 16.7. The van der Waals surface area contributed by atoms with Gasteiger partial charge in [0, 0.05) is 0 Å². The quantitative estimate of drug-likeness (QED) is 0.0216. The van der Waals surface area contributed by atoms with Crippen molar-refractivity contribution in [3.05, 3.63) is 12.2 Å². The zero-order valence-electron chi connectivity index (χ0n) is 40.7. The maximum Gasteiger partial charge on any atom is 0.249 e. The highest BCUT2D eigenvalue weighted by Crippen LogP contribution is 2.23. The summed E-state index contributed by atoms with van der Waals surface area (Å²) in [7, 11) is 0. The van der Waals surface area contributed by atoms with Gasteiger partial charge in [0.15, 0.2) is 6.29 Å². The van der Waals surface area contributed by atoms with Crippen LogP contribution in [-0.4, -0.2) is 110 Å². The van der Waals surface area contributed by atoms with Crippen molar-refractivity contribution in [1.82, 2.24) is 5.32 Å². The van der Waals surface area contributed by atoms with Crippen LogP contribution in [0.2, 0.25) is 0 Å². The summed E-state index contributed by atoms with van der Waals surface area (Å²) in [5.41, 5.74) is 0. The minimum Gasteiger partial charge on any atom is -0.394 e. The molecular formula is C52H101NO10. The van der Waals surface area contributed by atoms with Crippen molar-refractivity contribution in [1.29, 1.82) is 0 Å². The maximum absolute atomic E-state index is 13.1. The van der Waals surface area contributed by atoms with Gasteiger partial charge in [0.25, 0.3) is 0 Å².